The highest BCUT2D eigenvalue weighted by atomic mass is 35.5. The fraction of sp³-hybridized carbons (Fsp3) is 0.500. The van der Waals surface area contributed by atoms with Gasteiger partial charge in [0.2, 0.25) is 0 Å². The van der Waals surface area contributed by atoms with Crippen LogP contribution in [0.3, 0.4) is 0 Å². The maximum absolute atomic E-state index is 13.0. The van der Waals surface area contributed by atoms with E-state index in [1.165, 1.54) is 6.07 Å². The fourth-order valence-corrected chi connectivity index (χ4v) is 1.74. The first-order valence-corrected chi connectivity index (χ1v) is 5.54. The van der Waals surface area contributed by atoms with E-state index < -0.39 is 5.82 Å². The molecule has 0 aliphatic rings. The van der Waals surface area contributed by atoms with Crippen LogP contribution < -0.4 is 5.73 Å². The molecule has 0 aliphatic carbocycles. The summed E-state index contributed by atoms with van der Waals surface area (Å²) in [5.41, 5.74) is 6.68. The predicted octanol–water partition coefficient (Wildman–Crippen LogP) is 2.78. The zero-order chi connectivity index (χ0) is 12.2. The average molecular weight is 246 g/mol. The Hall–Kier alpha value is -0.640. The highest BCUT2D eigenvalue weighted by molar-refractivity contribution is 6.30. The summed E-state index contributed by atoms with van der Waals surface area (Å²) in [6.45, 7) is 2.56. The number of ether oxygens (including phenoxy) is 1. The molecule has 1 unspecified atom stereocenters. The summed E-state index contributed by atoms with van der Waals surface area (Å²) < 4.78 is 17.9. The van der Waals surface area contributed by atoms with E-state index in [0.29, 0.717) is 13.0 Å². The molecule has 0 aromatic heterocycles. The van der Waals surface area contributed by atoms with Crippen LogP contribution >= 0.6 is 11.6 Å². The van der Waals surface area contributed by atoms with Crippen molar-refractivity contribution >= 4 is 11.6 Å². The molecule has 0 radical (unpaired) electrons. The predicted molar refractivity (Wildman–Crippen MR) is 64.2 cm³/mol. The van der Waals surface area contributed by atoms with Crippen LogP contribution in [0.4, 0.5) is 4.39 Å². The molecule has 1 rings (SSSR count). The Morgan fingerprint density at radius 2 is 2.19 bits per heavy atom. The van der Waals surface area contributed by atoms with E-state index in [-0.39, 0.29) is 10.6 Å². The fourth-order valence-electron chi connectivity index (χ4n) is 1.54. The van der Waals surface area contributed by atoms with Crippen LogP contribution in [0.5, 0.6) is 0 Å². The lowest BCUT2D eigenvalue weighted by molar-refractivity contribution is 0.171. The second-order valence-electron chi connectivity index (χ2n) is 4.32. The lowest BCUT2D eigenvalue weighted by Crippen LogP contribution is -2.39. The first-order valence-electron chi connectivity index (χ1n) is 5.16. The quantitative estimate of drug-likeness (QED) is 0.866. The second kappa shape index (κ2) is 5.62. The molecule has 0 amide bonds. The largest absolute Gasteiger partial charge is 0.385 e. The second-order valence-corrected chi connectivity index (χ2v) is 4.73. The molecular formula is C12H17ClFNO. The SMILES string of the molecule is COCCC(C)(N)Cc1ccc(F)c(Cl)c1. The summed E-state index contributed by atoms with van der Waals surface area (Å²) in [5, 5.41) is 0.139. The lowest BCUT2D eigenvalue weighted by atomic mass is 9.91. The van der Waals surface area contributed by atoms with Gasteiger partial charge in [-0.2, -0.15) is 0 Å². The Labute approximate surface area is 101 Å². The number of nitrogens with two attached hydrogens (primary N) is 1. The van der Waals surface area contributed by atoms with Gasteiger partial charge in [-0.05, 0) is 37.5 Å². The summed E-state index contributed by atoms with van der Waals surface area (Å²) in [7, 11) is 1.64. The molecular weight excluding hydrogens is 229 g/mol. The summed E-state index contributed by atoms with van der Waals surface area (Å²) in [6, 6.07) is 4.69. The molecule has 0 heterocycles. The number of rotatable bonds is 5. The minimum absolute atomic E-state index is 0.139. The van der Waals surface area contributed by atoms with E-state index in [2.05, 4.69) is 0 Å². The van der Waals surface area contributed by atoms with Crippen molar-refractivity contribution in [3.8, 4) is 0 Å². The van der Waals surface area contributed by atoms with Gasteiger partial charge in [0.05, 0.1) is 5.02 Å². The normalized spacial score (nSPS) is 14.8. The molecule has 0 fully saturated rings. The van der Waals surface area contributed by atoms with Gasteiger partial charge in [0.25, 0.3) is 0 Å². The van der Waals surface area contributed by atoms with E-state index in [4.69, 9.17) is 22.1 Å². The van der Waals surface area contributed by atoms with Gasteiger partial charge in [0, 0.05) is 19.3 Å². The topological polar surface area (TPSA) is 35.2 Å². The van der Waals surface area contributed by atoms with E-state index >= 15 is 0 Å². The molecule has 2 N–H and O–H groups in total. The zero-order valence-corrected chi connectivity index (χ0v) is 10.4. The van der Waals surface area contributed by atoms with Crippen LogP contribution in [-0.4, -0.2) is 19.3 Å². The monoisotopic (exact) mass is 245 g/mol. The Bertz CT molecular complexity index is 355. The third-order valence-corrected chi connectivity index (χ3v) is 2.76. The number of hydrogen-bond donors (Lipinski definition) is 1. The smallest absolute Gasteiger partial charge is 0.141 e. The lowest BCUT2D eigenvalue weighted by Gasteiger charge is -2.24. The molecule has 0 aliphatic heterocycles. The van der Waals surface area contributed by atoms with Crippen molar-refractivity contribution in [3.05, 3.63) is 34.6 Å². The van der Waals surface area contributed by atoms with Crippen molar-refractivity contribution in [1.29, 1.82) is 0 Å². The Morgan fingerprint density at radius 3 is 2.75 bits per heavy atom. The molecule has 0 spiro atoms. The summed E-state index contributed by atoms with van der Waals surface area (Å²) in [6.07, 6.45) is 1.40. The minimum atomic E-state index is -0.402. The van der Waals surface area contributed by atoms with Crippen molar-refractivity contribution in [2.24, 2.45) is 5.73 Å². The van der Waals surface area contributed by atoms with Gasteiger partial charge in [-0.1, -0.05) is 17.7 Å². The molecule has 90 valence electrons. The summed E-state index contributed by atoms with van der Waals surface area (Å²) in [5.74, 6) is -0.402. The minimum Gasteiger partial charge on any atom is -0.385 e. The molecule has 1 aromatic carbocycles. The maximum Gasteiger partial charge on any atom is 0.141 e. The van der Waals surface area contributed by atoms with Gasteiger partial charge in [-0.3, -0.25) is 0 Å². The van der Waals surface area contributed by atoms with E-state index in [1.807, 2.05) is 6.92 Å². The molecule has 0 saturated carbocycles. The molecule has 1 aromatic rings. The molecule has 4 heteroatoms. The number of methoxy groups -OCH3 is 1. The van der Waals surface area contributed by atoms with Crippen LogP contribution in [0, 0.1) is 5.82 Å². The highest BCUT2D eigenvalue weighted by Crippen LogP contribution is 2.20. The van der Waals surface area contributed by atoms with Gasteiger partial charge >= 0.3 is 0 Å². The van der Waals surface area contributed by atoms with Crippen molar-refractivity contribution < 1.29 is 9.13 Å². The highest BCUT2D eigenvalue weighted by Gasteiger charge is 2.19. The first kappa shape index (κ1) is 13.4. The van der Waals surface area contributed by atoms with Gasteiger partial charge in [-0.15, -0.1) is 0 Å². The Morgan fingerprint density at radius 1 is 1.50 bits per heavy atom. The third-order valence-electron chi connectivity index (χ3n) is 2.47. The third kappa shape index (κ3) is 4.08. The van der Waals surface area contributed by atoms with E-state index in [1.54, 1.807) is 19.2 Å². The standard InChI is InChI=1S/C12H17ClFNO/c1-12(15,5-6-16-2)8-9-3-4-11(14)10(13)7-9/h3-4,7H,5-6,8,15H2,1-2H3. The van der Waals surface area contributed by atoms with Crippen molar-refractivity contribution in [3.63, 3.8) is 0 Å². The number of hydrogen-bond acceptors (Lipinski definition) is 2. The number of halogens is 2. The molecule has 16 heavy (non-hydrogen) atoms. The van der Waals surface area contributed by atoms with Crippen molar-refractivity contribution in [2.75, 3.05) is 13.7 Å². The Balaban J connectivity index is 2.68. The van der Waals surface area contributed by atoms with Crippen LogP contribution in [0.1, 0.15) is 18.9 Å². The van der Waals surface area contributed by atoms with Crippen LogP contribution in [0.25, 0.3) is 0 Å². The maximum atomic E-state index is 13.0. The molecule has 0 bridgehead atoms. The van der Waals surface area contributed by atoms with Crippen LogP contribution in [-0.2, 0) is 11.2 Å². The summed E-state index contributed by atoms with van der Waals surface area (Å²) >= 11 is 5.71. The van der Waals surface area contributed by atoms with Crippen LogP contribution in [0.15, 0.2) is 18.2 Å². The van der Waals surface area contributed by atoms with Gasteiger partial charge in [0.15, 0.2) is 0 Å². The first-order chi connectivity index (χ1) is 7.44. The average Bonchev–Trinajstić information content (AvgIpc) is 2.20. The molecule has 0 saturated heterocycles. The van der Waals surface area contributed by atoms with Crippen LogP contribution in [0.2, 0.25) is 5.02 Å². The van der Waals surface area contributed by atoms with Crippen molar-refractivity contribution in [1.82, 2.24) is 0 Å². The van der Waals surface area contributed by atoms with Gasteiger partial charge in [0.1, 0.15) is 5.82 Å². The zero-order valence-electron chi connectivity index (χ0n) is 9.59. The Kier molecular flexibility index (Phi) is 4.71. The van der Waals surface area contributed by atoms with E-state index in [0.717, 1.165) is 12.0 Å². The van der Waals surface area contributed by atoms with Crippen molar-refractivity contribution in [2.45, 2.75) is 25.3 Å². The summed E-state index contributed by atoms with van der Waals surface area (Å²) in [4.78, 5) is 0. The molecule has 1 atom stereocenters. The van der Waals surface area contributed by atoms with Gasteiger partial charge < -0.3 is 10.5 Å². The van der Waals surface area contributed by atoms with Gasteiger partial charge in [-0.25, -0.2) is 4.39 Å². The number of benzene rings is 1. The molecule has 2 nitrogen and oxygen atoms in total. The van der Waals surface area contributed by atoms with E-state index in [9.17, 15) is 4.39 Å².